The molecule has 1 fully saturated rings. The van der Waals surface area contributed by atoms with Crippen LogP contribution < -0.4 is 5.32 Å². The molecule has 8 heteroatoms. The van der Waals surface area contributed by atoms with Crippen molar-refractivity contribution in [1.29, 1.82) is 0 Å². The molecule has 0 bridgehead atoms. The molecule has 1 saturated heterocycles. The molecule has 0 saturated carbocycles. The first-order chi connectivity index (χ1) is 11.2. The van der Waals surface area contributed by atoms with Crippen LogP contribution in [0.2, 0.25) is 0 Å². The van der Waals surface area contributed by atoms with Crippen LogP contribution in [0.3, 0.4) is 0 Å². The number of rotatable bonds is 4. The molecule has 2 rings (SSSR count). The summed E-state index contributed by atoms with van der Waals surface area (Å²) in [6.07, 6.45) is 0.486. The summed E-state index contributed by atoms with van der Waals surface area (Å²) in [6, 6.07) is 1.30. The Balaban J connectivity index is 2.40. The molecule has 1 aromatic rings. The molecular weight excluding hydrogens is 317 g/mol. The lowest BCUT2D eigenvalue weighted by Gasteiger charge is -2.36. The number of aryl methyl sites for hydroxylation is 1. The van der Waals surface area contributed by atoms with Gasteiger partial charge in [0, 0.05) is 24.7 Å². The van der Waals surface area contributed by atoms with E-state index in [9.17, 15) is 24.1 Å². The average Bonchev–Trinajstić information content (AvgIpc) is 2.48. The molecule has 0 aliphatic carbocycles. The Kier molecular flexibility index (Phi) is 5.16. The Bertz CT molecular complexity index is 690. The van der Waals surface area contributed by atoms with Gasteiger partial charge >= 0.3 is 5.69 Å². The Morgan fingerprint density at radius 3 is 2.75 bits per heavy atom. The van der Waals surface area contributed by atoms with Gasteiger partial charge < -0.3 is 10.2 Å². The first-order valence-electron chi connectivity index (χ1n) is 7.75. The number of nitro groups is 1. The number of nitrogens with one attached hydrogen (secondary N) is 1. The summed E-state index contributed by atoms with van der Waals surface area (Å²) in [6.45, 7) is 6.03. The van der Waals surface area contributed by atoms with E-state index in [2.05, 4.69) is 5.32 Å². The fourth-order valence-corrected chi connectivity index (χ4v) is 2.82. The van der Waals surface area contributed by atoms with Crippen molar-refractivity contribution in [1.82, 2.24) is 10.2 Å². The number of nitro benzene ring substituents is 1. The van der Waals surface area contributed by atoms with E-state index >= 15 is 0 Å². The number of benzene rings is 1. The van der Waals surface area contributed by atoms with Crippen molar-refractivity contribution >= 4 is 17.5 Å². The number of halogens is 1. The molecule has 0 radical (unpaired) electrons. The van der Waals surface area contributed by atoms with Gasteiger partial charge in [0.25, 0.3) is 5.91 Å². The van der Waals surface area contributed by atoms with Gasteiger partial charge in [-0.15, -0.1) is 0 Å². The van der Waals surface area contributed by atoms with Crippen LogP contribution in [-0.4, -0.2) is 40.8 Å². The number of piperazine rings is 1. The van der Waals surface area contributed by atoms with Gasteiger partial charge in [0.2, 0.25) is 11.7 Å². The van der Waals surface area contributed by atoms with Gasteiger partial charge in [-0.1, -0.05) is 13.8 Å². The summed E-state index contributed by atoms with van der Waals surface area (Å²) in [5, 5.41) is 13.6. The van der Waals surface area contributed by atoms with Crippen LogP contribution in [0.5, 0.6) is 0 Å². The van der Waals surface area contributed by atoms with E-state index in [1.54, 1.807) is 0 Å². The predicted molar refractivity (Wildman–Crippen MR) is 85.1 cm³/mol. The van der Waals surface area contributed by atoms with Gasteiger partial charge in [0.05, 0.1) is 4.92 Å². The standard InChI is InChI=1S/C16H20FN3O4/c1-9(2)6-14-15(21)18-4-5-19(14)16(22)11-8-13(20(23)24)12(17)7-10(11)3/h7-9,14H,4-6H2,1-3H3,(H,18,21)/t14-/m1/s1. The van der Waals surface area contributed by atoms with Crippen LogP contribution in [0.4, 0.5) is 10.1 Å². The normalized spacial score (nSPS) is 17.8. The number of carbonyl (C=O) groups excluding carboxylic acids is 2. The smallest absolute Gasteiger partial charge is 0.305 e. The van der Waals surface area contributed by atoms with E-state index in [-0.39, 0.29) is 17.4 Å². The molecule has 0 aromatic heterocycles. The van der Waals surface area contributed by atoms with Gasteiger partial charge in [-0.3, -0.25) is 19.7 Å². The summed E-state index contributed by atoms with van der Waals surface area (Å²) in [5.41, 5.74) is -0.394. The Morgan fingerprint density at radius 2 is 2.17 bits per heavy atom. The van der Waals surface area contributed by atoms with Crippen LogP contribution in [0.1, 0.15) is 36.2 Å². The zero-order chi connectivity index (χ0) is 18.0. The molecule has 1 atom stereocenters. The third-order valence-electron chi connectivity index (χ3n) is 4.01. The van der Waals surface area contributed by atoms with Crippen molar-refractivity contribution in [2.75, 3.05) is 13.1 Å². The van der Waals surface area contributed by atoms with Crippen LogP contribution in [-0.2, 0) is 4.79 Å². The summed E-state index contributed by atoms with van der Waals surface area (Å²) in [7, 11) is 0. The molecule has 0 spiro atoms. The molecule has 7 nitrogen and oxygen atoms in total. The van der Waals surface area contributed by atoms with Crippen LogP contribution >= 0.6 is 0 Å². The van der Waals surface area contributed by atoms with Gasteiger partial charge in [-0.2, -0.15) is 4.39 Å². The summed E-state index contributed by atoms with van der Waals surface area (Å²) in [4.78, 5) is 36.4. The van der Waals surface area contributed by atoms with E-state index in [1.807, 2.05) is 13.8 Å². The molecule has 24 heavy (non-hydrogen) atoms. The third kappa shape index (κ3) is 3.52. The fourth-order valence-electron chi connectivity index (χ4n) is 2.82. The maximum absolute atomic E-state index is 13.7. The highest BCUT2D eigenvalue weighted by Gasteiger charge is 2.35. The van der Waals surface area contributed by atoms with Crippen LogP contribution in [0, 0.1) is 28.8 Å². The monoisotopic (exact) mass is 337 g/mol. The van der Waals surface area contributed by atoms with Gasteiger partial charge in [-0.05, 0) is 30.9 Å². The maximum atomic E-state index is 13.7. The second kappa shape index (κ2) is 6.94. The van der Waals surface area contributed by atoms with Crippen molar-refractivity contribution in [2.24, 2.45) is 5.92 Å². The number of nitrogens with zero attached hydrogens (tertiary/aromatic N) is 2. The summed E-state index contributed by atoms with van der Waals surface area (Å²) in [5.74, 6) is -1.52. The highest BCUT2D eigenvalue weighted by molar-refractivity contribution is 5.99. The molecule has 1 aromatic carbocycles. The van der Waals surface area contributed by atoms with Gasteiger partial charge in [0.15, 0.2) is 0 Å². The first kappa shape index (κ1) is 17.8. The minimum atomic E-state index is -0.982. The molecular formula is C16H20FN3O4. The number of amides is 2. The van der Waals surface area contributed by atoms with Gasteiger partial charge in [-0.25, -0.2) is 0 Å². The lowest BCUT2D eigenvalue weighted by Crippen LogP contribution is -2.57. The van der Waals surface area contributed by atoms with E-state index < -0.39 is 28.4 Å². The van der Waals surface area contributed by atoms with Crippen molar-refractivity contribution < 1.29 is 18.9 Å². The lowest BCUT2D eigenvalue weighted by atomic mass is 9.98. The molecule has 1 aliphatic heterocycles. The lowest BCUT2D eigenvalue weighted by molar-refractivity contribution is -0.387. The zero-order valence-electron chi connectivity index (χ0n) is 13.8. The molecule has 2 amide bonds. The minimum Gasteiger partial charge on any atom is -0.353 e. The molecule has 1 N–H and O–H groups in total. The predicted octanol–water partition coefficient (Wildman–Crippen LogP) is 2.03. The molecule has 1 aliphatic rings. The van der Waals surface area contributed by atoms with Crippen LogP contribution in [0.25, 0.3) is 0 Å². The Morgan fingerprint density at radius 1 is 1.50 bits per heavy atom. The largest absolute Gasteiger partial charge is 0.353 e. The van der Waals surface area contributed by atoms with E-state index in [0.29, 0.717) is 25.1 Å². The highest BCUT2D eigenvalue weighted by Crippen LogP contribution is 2.25. The zero-order valence-corrected chi connectivity index (χ0v) is 13.8. The maximum Gasteiger partial charge on any atom is 0.305 e. The quantitative estimate of drug-likeness (QED) is 0.672. The first-order valence-corrected chi connectivity index (χ1v) is 7.75. The minimum absolute atomic E-state index is 0.0477. The van der Waals surface area contributed by atoms with E-state index in [1.165, 1.54) is 11.8 Å². The van der Waals surface area contributed by atoms with Crippen molar-refractivity contribution in [2.45, 2.75) is 33.2 Å². The number of hydrogen-bond donors (Lipinski definition) is 1. The van der Waals surface area contributed by atoms with Crippen LogP contribution in [0.15, 0.2) is 12.1 Å². The SMILES string of the molecule is Cc1cc(F)c([N+](=O)[O-])cc1C(=O)N1CCNC(=O)[C@H]1CC(C)C. The van der Waals surface area contributed by atoms with Gasteiger partial charge in [0.1, 0.15) is 6.04 Å². The molecule has 1 heterocycles. The molecule has 130 valence electrons. The molecule has 0 unspecified atom stereocenters. The topological polar surface area (TPSA) is 92.6 Å². The second-order valence-corrected chi connectivity index (χ2v) is 6.31. The Labute approximate surface area is 139 Å². The third-order valence-corrected chi connectivity index (χ3v) is 4.01. The summed E-state index contributed by atoms with van der Waals surface area (Å²) >= 11 is 0. The van der Waals surface area contributed by atoms with Crippen molar-refractivity contribution in [3.63, 3.8) is 0 Å². The van der Waals surface area contributed by atoms with E-state index in [0.717, 1.165) is 12.1 Å². The summed E-state index contributed by atoms with van der Waals surface area (Å²) < 4.78 is 13.7. The van der Waals surface area contributed by atoms with Crippen molar-refractivity contribution in [3.8, 4) is 0 Å². The number of hydrogen-bond acceptors (Lipinski definition) is 4. The second-order valence-electron chi connectivity index (χ2n) is 6.31. The number of carbonyl (C=O) groups is 2. The Hall–Kier alpha value is -2.51. The average molecular weight is 337 g/mol. The van der Waals surface area contributed by atoms with Crippen molar-refractivity contribution in [3.05, 3.63) is 39.2 Å². The highest BCUT2D eigenvalue weighted by atomic mass is 19.1. The van der Waals surface area contributed by atoms with E-state index in [4.69, 9.17) is 0 Å². The fraction of sp³-hybridized carbons (Fsp3) is 0.500.